The van der Waals surface area contributed by atoms with Gasteiger partial charge in [0, 0.05) is 23.3 Å². The first-order valence-electron chi connectivity index (χ1n) is 19.8. The molecule has 0 unspecified atom stereocenters. The van der Waals surface area contributed by atoms with Crippen LogP contribution in [-0.4, -0.2) is 89.9 Å². The van der Waals surface area contributed by atoms with Crippen molar-refractivity contribution in [3.8, 4) is 11.5 Å². The van der Waals surface area contributed by atoms with Crippen LogP contribution < -0.4 is 24.8 Å². The van der Waals surface area contributed by atoms with Crippen LogP contribution in [-0.2, 0) is 35.6 Å². The van der Waals surface area contributed by atoms with E-state index in [4.69, 9.17) is 9.47 Å². The Labute approximate surface area is 330 Å². The number of aryl methyl sites for hydroxylation is 2. The van der Waals surface area contributed by atoms with E-state index in [1.807, 2.05) is 26.0 Å². The maximum atomic E-state index is 14.7. The van der Waals surface area contributed by atoms with Gasteiger partial charge in [0.15, 0.2) is 0 Å². The number of rotatable bonds is 8. The van der Waals surface area contributed by atoms with Crippen molar-refractivity contribution < 1.29 is 50.6 Å². The molecule has 4 amide bonds. The number of nitrogens with one attached hydrogen (secondary N) is 3. The molecule has 4 heterocycles. The Morgan fingerprint density at radius 3 is 2.61 bits per heavy atom. The number of alkyl halides is 2. The second kappa shape index (κ2) is 15.3. The molecule has 2 aliphatic carbocycles. The van der Waals surface area contributed by atoms with Gasteiger partial charge in [0.1, 0.15) is 34.7 Å². The maximum absolute atomic E-state index is 14.7. The zero-order valence-electron chi connectivity index (χ0n) is 32.7. The Balaban J connectivity index is 1.23. The SMILES string of the molecule is Cc1nc2ccc(OC(F)F)cc2c2c1O[C@]1(CC2)C[C@H]2C(=O)N[C@]3(C(=O)NS(=O)(=O)C4(C)CC4)C[C@H]3/C=C\CCCCC[C@H](NC(=O)OCC(C)C)C(=O)N2C1. The molecule has 0 radical (unpaired) electrons. The fourth-order valence-electron chi connectivity index (χ4n) is 8.27. The van der Waals surface area contributed by atoms with Crippen LogP contribution in [0.3, 0.4) is 0 Å². The number of benzene rings is 1. The van der Waals surface area contributed by atoms with Gasteiger partial charge >= 0.3 is 12.7 Å². The lowest BCUT2D eigenvalue weighted by molar-refractivity contribution is -0.141. The fraction of sp³-hybridized carbons (Fsp3) is 0.625. The van der Waals surface area contributed by atoms with E-state index in [-0.39, 0.29) is 44.1 Å². The standard InChI is InChI=1S/C40H51F2N5O9S/c1-23(2)21-54-37(51)44-30-11-9-7-5-6-8-10-25-19-40(25,35(50)46-57(52,53)38(4)16-17-38)45-33(48)31-20-39(22-47(31)34(30)49)15-14-27-28-18-26(55-36(41)42)12-13-29(28)43-24(3)32(27)56-39/h8,10,12-13,18,23,25,30-31,36H,5-7,9,11,14-17,19-22H2,1-4H3,(H,44,51)(H,45,48)(H,46,50)/b10-8-/t25-,30+,31+,39-,40-/m1/s1. The van der Waals surface area contributed by atoms with Crippen molar-refractivity contribution in [1.82, 2.24) is 25.2 Å². The van der Waals surface area contributed by atoms with Crippen LogP contribution in [0.2, 0.25) is 0 Å². The molecule has 14 nitrogen and oxygen atoms in total. The average Bonchev–Trinajstić information content (AvgIpc) is 4.04. The predicted octanol–water partition coefficient (Wildman–Crippen LogP) is 4.95. The van der Waals surface area contributed by atoms with Crippen LogP contribution in [0.25, 0.3) is 10.9 Å². The summed E-state index contributed by atoms with van der Waals surface area (Å²) >= 11 is 0. The molecule has 1 aromatic carbocycles. The van der Waals surface area contributed by atoms with Gasteiger partial charge in [-0.25, -0.2) is 18.2 Å². The van der Waals surface area contributed by atoms with Gasteiger partial charge in [-0.1, -0.05) is 38.8 Å². The molecule has 2 saturated carbocycles. The first-order valence-corrected chi connectivity index (χ1v) is 21.3. The third kappa shape index (κ3) is 8.26. The van der Waals surface area contributed by atoms with Gasteiger partial charge in [0.25, 0.3) is 5.91 Å². The first-order chi connectivity index (χ1) is 26.9. The Bertz CT molecular complexity index is 2090. The van der Waals surface area contributed by atoms with Crippen molar-refractivity contribution in [2.24, 2.45) is 11.8 Å². The molecule has 1 spiro atoms. The summed E-state index contributed by atoms with van der Waals surface area (Å²) in [5.41, 5.74) is -0.858. The number of amides is 4. The fourth-order valence-corrected chi connectivity index (χ4v) is 9.59. The van der Waals surface area contributed by atoms with E-state index in [0.29, 0.717) is 60.9 Å². The van der Waals surface area contributed by atoms with Crippen LogP contribution in [0, 0.1) is 18.8 Å². The number of alkyl carbamates (subject to hydrolysis) is 1. The van der Waals surface area contributed by atoms with Crippen molar-refractivity contribution in [3.63, 3.8) is 0 Å². The van der Waals surface area contributed by atoms with Crippen molar-refractivity contribution in [1.29, 1.82) is 0 Å². The van der Waals surface area contributed by atoms with Gasteiger partial charge in [0.05, 0.1) is 29.1 Å². The molecule has 57 heavy (non-hydrogen) atoms. The van der Waals surface area contributed by atoms with Crippen molar-refractivity contribution in [2.75, 3.05) is 13.2 Å². The second-order valence-electron chi connectivity index (χ2n) is 16.9. The molecule has 310 valence electrons. The number of pyridine rings is 1. The van der Waals surface area contributed by atoms with E-state index in [0.717, 1.165) is 18.4 Å². The van der Waals surface area contributed by atoms with Crippen molar-refractivity contribution in [2.45, 2.75) is 133 Å². The minimum atomic E-state index is -4.03. The number of hydrogen-bond donors (Lipinski definition) is 3. The number of ether oxygens (including phenoxy) is 3. The van der Waals surface area contributed by atoms with Gasteiger partial charge in [-0.2, -0.15) is 8.78 Å². The molecule has 5 aliphatic rings. The Morgan fingerprint density at radius 2 is 1.89 bits per heavy atom. The molecule has 0 bridgehead atoms. The summed E-state index contributed by atoms with van der Waals surface area (Å²) in [6, 6.07) is 2.30. The van der Waals surface area contributed by atoms with Gasteiger partial charge < -0.3 is 29.7 Å². The summed E-state index contributed by atoms with van der Waals surface area (Å²) in [7, 11) is -4.03. The predicted molar refractivity (Wildman–Crippen MR) is 204 cm³/mol. The monoisotopic (exact) mass is 815 g/mol. The number of fused-ring (bicyclic) bond motifs is 5. The average molecular weight is 816 g/mol. The molecule has 3 aliphatic heterocycles. The van der Waals surface area contributed by atoms with E-state index >= 15 is 0 Å². The van der Waals surface area contributed by atoms with Gasteiger partial charge in [-0.15, -0.1) is 0 Å². The van der Waals surface area contributed by atoms with Crippen LogP contribution in [0.15, 0.2) is 30.4 Å². The largest absolute Gasteiger partial charge is 0.483 e. The van der Waals surface area contributed by atoms with Crippen LogP contribution in [0.5, 0.6) is 11.5 Å². The van der Waals surface area contributed by atoms with Gasteiger partial charge in [-0.05, 0) is 89.3 Å². The number of carbonyl (C=O) groups excluding carboxylic acids is 4. The van der Waals surface area contributed by atoms with Crippen LogP contribution in [0.4, 0.5) is 13.6 Å². The summed E-state index contributed by atoms with van der Waals surface area (Å²) in [5.74, 6) is -2.05. The quantitative estimate of drug-likeness (QED) is 0.309. The lowest BCUT2D eigenvalue weighted by Crippen LogP contribution is -2.58. The van der Waals surface area contributed by atoms with Crippen molar-refractivity contribution in [3.05, 3.63) is 41.6 Å². The zero-order chi connectivity index (χ0) is 40.9. The van der Waals surface area contributed by atoms with Crippen LogP contribution in [0.1, 0.15) is 96.2 Å². The summed E-state index contributed by atoms with van der Waals surface area (Å²) in [5, 5.41) is 6.21. The topological polar surface area (TPSA) is 182 Å². The van der Waals surface area contributed by atoms with E-state index in [2.05, 4.69) is 25.1 Å². The molecular formula is C40H51F2N5O9S. The lowest BCUT2D eigenvalue weighted by atomic mass is 9.87. The van der Waals surface area contributed by atoms with Crippen molar-refractivity contribution >= 4 is 44.7 Å². The third-order valence-corrected chi connectivity index (χ3v) is 14.2. The lowest BCUT2D eigenvalue weighted by Gasteiger charge is -2.36. The summed E-state index contributed by atoms with van der Waals surface area (Å²) in [6.45, 7) is 4.18. The number of hydrogen-bond acceptors (Lipinski definition) is 10. The maximum Gasteiger partial charge on any atom is 0.407 e. The molecular weight excluding hydrogens is 765 g/mol. The van der Waals surface area contributed by atoms with Gasteiger partial charge in [0.2, 0.25) is 21.8 Å². The number of halogens is 2. The van der Waals surface area contributed by atoms with E-state index in [9.17, 15) is 36.4 Å². The summed E-state index contributed by atoms with van der Waals surface area (Å²) in [4.78, 5) is 62.3. The van der Waals surface area contributed by atoms with E-state index in [1.54, 1.807) is 19.9 Å². The molecule has 17 heteroatoms. The Kier molecular flexibility index (Phi) is 10.9. The highest BCUT2D eigenvalue weighted by Crippen LogP contribution is 2.49. The number of carbonyl (C=O) groups is 4. The highest BCUT2D eigenvalue weighted by atomic mass is 32.2. The molecule has 3 N–H and O–H groups in total. The Hall–Kier alpha value is -4.54. The first kappa shape index (κ1) is 40.6. The summed E-state index contributed by atoms with van der Waals surface area (Å²) in [6.07, 6.45) is 7.79. The molecule has 2 aromatic rings. The minimum absolute atomic E-state index is 0.00904. The highest BCUT2D eigenvalue weighted by molar-refractivity contribution is 7.91. The second-order valence-corrected chi connectivity index (χ2v) is 19.1. The molecule has 1 saturated heterocycles. The molecule has 7 rings (SSSR count). The van der Waals surface area contributed by atoms with E-state index in [1.165, 1.54) is 17.0 Å². The molecule has 5 atom stereocenters. The number of sulfonamides is 1. The molecule has 3 fully saturated rings. The van der Waals surface area contributed by atoms with Gasteiger partial charge in [-0.3, -0.25) is 19.1 Å². The number of aromatic nitrogens is 1. The normalized spacial score (nSPS) is 28.9. The third-order valence-electron chi connectivity index (χ3n) is 12.0. The number of nitrogens with zero attached hydrogens (tertiary/aromatic N) is 2. The Morgan fingerprint density at radius 1 is 1.12 bits per heavy atom. The molecule has 1 aromatic heterocycles. The summed E-state index contributed by atoms with van der Waals surface area (Å²) < 4.78 is 70.6. The number of allylic oxidation sites excluding steroid dienone is 1. The smallest absolute Gasteiger partial charge is 0.407 e. The van der Waals surface area contributed by atoms with Crippen LogP contribution >= 0.6 is 0 Å². The minimum Gasteiger partial charge on any atom is -0.483 e. The van der Waals surface area contributed by atoms with E-state index < -0.39 is 74.3 Å². The highest BCUT2D eigenvalue weighted by Gasteiger charge is 2.64. The zero-order valence-corrected chi connectivity index (χ0v) is 33.5.